The fraction of sp³-hybridized carbons (Fsp3) is 0.500. The highest BCUT2D eigenvalue weighted by Gasteiger charge is 2.31. The molecule has 0 unspecified atom stereocenters. The van der Waals surface area contributed by atoms with Crippen molar-refractivity contribution >= 4 is 34.5 Å². The summed E-state index contributed by atoms with van der Waals surface area (Å²) in [5.74, 6) is 0. The van der Waals surface area contributed by atoms with Gasteiger partial charge in [0, 0.05) is 30.7 Å². The molecule has 0 radical (unpaired) electrons. The highest BCUT2D eigenvalue weighted by molar-refractivity contribution is 7.80. The summed E-state index contributed by atoms with van der Waals surface area (Å²) in [6.07, 6.45) is 0. The average Bonchev–Trinajstić information content (AvgIpc) is 2.32. The predicted octanol–water partition coefficient (Wildman–Crippen LogP) is 2.50. The van der Waals surface area contributed by atoms with E-state index >= 15 is 0 Å². The van der Waals surface area contributed by atoms with E-state index in [-0.39, 0.29) is 5.54 Å². The predicted molar refractivity (Wildman–Crippen MR) is 86.3 cm³/mol. The largest absolute Gasteiger partial charge is 0.389 e. The molecule has 1 fully saturated rings. The van der Waals surface area contributed by atoms with Gasteiger partial charge in [0.1, 0.15) is 4.99 Å². The second kappa shape index (κ2) is 5.27. The number of anilines is 1. The van der Waals surface area contributed by atoms with Gasteiger partial charge in [-0.2, -0.15) is 0 Å². The van der Waals surface area contributed by atoms with Gasteiger partial charge in [0.2, 0.25) is 0 Å². The Hall–Kier alpha value is -0.840. The van der Waals surface area contributed by atoms with Crippen LogP contribution in [0.2, 0.25) is 5.02 Å². The van der Waals surface area contributed by atoms with Crippen molar-refractivity contribution in [2.45, 2.75) is 19.4 Å². The van der Waals surface area contributed by atoms with Crippen LogP contribution in [0.5, 0.6) is 0 Å². The van der Waals surface area contributed by atoms with Crippen molar-refractivity contribution in [3.63, 3.8) is 0 Å². The molecular formula is C14H20ClN3S. The molecule has 0 saturated carbocycles. The molecule has 5 heteroatoms. The normalized spacial score (nSPS) is 19.5. The van der Waals surface area contributed by atoms with E-state index in [1.165, 1.54) is 0 Å². The first-order chi connectivity index (χ1) is 8.81. The Kier molecular flexibility index (Phi) is 4.04. The van der Waals surface area contributed by atoms with Gasteiger partial charge < -0.3 is 10.6 Å². The van der Waals surface area contributed by atoms with E-state index in [9.17, 15) is 0 Å². The first-order valence-electron chi connectivity index (χ1n) is 6.37. The molecule has 1 aliphatic rings. The van der Waals surface area contributed by atoms with Crippen molar-refractivity contribution in [3.8, 4) is 0 Å². The molecule has 1 aliphatic heterocycles. The fourth-order valence-corrected chi connectivity index (χ4v) is 2.79. The minimum atomic E-state index is 0.142. The lowest BCUT2D eigenvalue weighted by Crippen LogP contribution is -2.57. The zero-order chi connectivity index (χ0) is 14.2. The molecule has 1 saturated heterocycles. The molecule has 19 heavy (non-hydrogen) atoms. The van der Waals surface area contributed by atoms with Gasteiger partial charge in [-0.25, -0.2) is 0 Å². The number of thiocarbonyl (C=S) groups is 1. The summed E-state index contributed by atoms with van der Waals surface area (Å²) in [6.45, 7) is 7.45. The maximum atomic E-state index is 6.37. The molecule has 0 spiro atoms. The van der Waals surface area contributed by atoms with Crippen LogP contribution >= 0.6 is 23.8 Å². The van der Waals surface area contributed by atoms with E-state index in [1.807, 2.05) is 18.2 Å². The molecule has 0 bridgehead atoms. The summed E-state index contributed by atoms with van der Waals surface area (Å²) < 4.78 is 0. The molecule has 0 aromatic heterocycles. The Bertz CT molecular complexity index is 501. The number of benzene rings is 1. The lowest BCUT2D eigenvalue weighted by molar-refractivity contribution is 0.139. The monoisotopic (exact) mass is 297 g/mol. The van der Waals surface area contributed by atoms with Crippen molar-refractivity contribution in [1.82, 2.24) is 4.90 Å². The lowest BCUT2D eigenvalue weighted by atomic mass is 9.99. The van der Waals surface area contributed by atoms with Gasteiger partial charge in [0.25, 0.3) is 0 Å². The topological polar surface area (TPSA) is 32.5 Å². The summed E-state index contributed by atoms with van der Waals surface area (Å²) >= 11 is 11.3. The molecule has 0 aliphatic carbocycles. The molecule has 0 amide bonds. The first-order valence-corrected chi connectivity index (χ1v) is 7.15. The van der Waals surface area contributed by atoms with Gasteiger partial charge in [-0.3, -0.25) is 4.90 Å². The van der Waals surface area contributed by atoms with E-state index in [0.717, 1.165) is 30.9 Å². The van der Waals surface area contributed by atoms with E-state index in [0.29, 0.717) is 10.0 Å². The molecule has 3 nitrogen and oxygen atoms in total. The summed E-state index contributed by atoms with van der Waals surface area (Å²) in [4.78, 5) is 5.08. The van der Waals surface area contributed by atoms with E-state index < -0.39 is 0 Å². The van der Waals surface area contributed by atoms with Crippen LogP contribution < -0.4 is 10.6 Å². The highest BCUT2D eigenvalue weighted by Crippen LogP contribution is 2.31. The van der Waals surface area contributed by atoms with Crippen LogP contribution in [-0.4, -0.2) is 42.1 Å². The number of hydrogen-bond acceptors (Lipinski definition) is 3. The van der Waals surface area contributed by atoms with Crippen molar-refractivity contribution in [2.75, 3.05) is 31.6 Å². The molecule has 2 N–H and O–H groups in total. The van der Waals surface area contributed by atoms with Crippen LogP contribution in [0.1, 0.15) is 19.4 Å². The summed E-state index contributed by atoms with van der Waals surface area (Å²) in [7, 11) is 2.16. The third-order valence-electron chi connectivity index (χ3n) is 3.89. The third kappa shape index (κ3) is 3.02. The van der Waals surface area contributed by atoms with Crippen LogP contribution in [0.15, 0.2) is 18.2 Å². The van der Waals surface area contributed by atoms with Crippen LogP contribution in [0.4, 0.5) is 5.69 Å². The van der Waals surface area contributed by atoms with Gasteiger partial charge in [0.15, 0.2) is 0 Å². The van der Waals surface area contributed by atoms with Crippen LogP contribution in [0.3, 0.4) is 0 Å². The Morgan fingerprint density at radius 1 is 1.37 bits per heavy atom. The number of halogens is 1. The lowest BCUT2D eigenvalue weighted by Gasteiger charge is -2.46. The summed E-state index contributed by atoms with van der Waals surface area (Å²) in [5.41, 5.74) is 7.64. The Balaban J connectivity index is 2.26. The number of rotatable bonds is 2. The Morgan fingerprint density at radius 3 is 2.58 bits per heavy atom. The molecule has 104 valence electrons. The van der Waals surface area contributed by atoms with Gasteiger partial charge in [-0.15, -0.1) is 0 Å². The van der Waals surface area contributed by atoms with Gasteiger partial charge in [-0.05, 0) is 39.1 Å². The van der Waals surface area contributed by atoms with Crippen molar-refractivity contribution in [2.24, 2.45) is 5.73 Å². The SMILES string of the molecule is CN1CCN(c2ccc(C(N)=S)cc2Cl)CC1(C)C. The van der Waals surface area contributed by atoms with E-state index in [4.69, 9.17) is 29.6 Å². The standard InChI is InChI=1S/C14H20ClN3S/c1-14(2)9-18(7-6-17(14)3)12-5-4-10(13(16)19)8-11(12)15/h4-5,8H,6-7,9H2,1-3H3,(H2,16,19). The number of piperazine rings is 1. The Morgan fingerprint density at radius 2 is 2.05 bits per heavy atom. The maximum absolute atomic E-state index is 6.37. The fourth-order valence-electron chi connectivity index (χ4n) is 2.36. The van der Waals surface area contributed by atoms with E-state index in [2.05, 4.69) is 30.7 Å². The average molecular weight is 298 g/mol. The molecule has 2 rings (SSSR count). The molecular weight excluding hydrogens is 278 g/mol. The number of nitrogens with zero attached hydrogens (tertiary/aromatic N) is 2. The molecule has 1 aromatic carbocycles. The minimum absolute atomic E-state index is 0.142. The zero-order valence-electron chi connectivity index (χ0n) is 11.6. The molecule has 1 heterocycles. The van der Waals surface area contributed by atoms with Crippen LogP contribution in [0.25, 0.3) is 0 Å². The quantitative estimate of drug-likeness (QED) is 0.850. The number of likely N-dealkylation sites (N-methyl/N-ethyl adjacent to an activating group) is 1. The summed E-state index contributed by atoms with van der Waals surface area (Å²) in [6, 6.07) is 5.80. The summed E-state index contributed by atoms with van der Waals surface area (Å²) in [5, 5.41) is 0.714. The van der Waals surface area contributed by atoms with Crippen molar-refractivity contribution in [3.05, 3.63) is 28.8 Å². The van der Waals surface area contributed by atoms with Crippen molar-refractivity contribution < 1.29 is 0 Å². The second-order valence-electron chi connectivity index (χ2n) is 5.69. The first kappa shape index (κ1) is 14.6. The van der Waals surface area contributed by atoms with Gasteiger partial charge >= 0.3 is 0 Å². The minimum Gasteiger partial charge on any atom is -0.389 e. The third-order valence-corrected chi connectivity index (χ3v) is 4.43. The zero-order valence-corrected chi connectivity index (χ0v) is 13.2. The maximum Gasteiger partial charge on any atom is 0.104 e. The second-order valence-corrected chi connectivity index (χ2v) is 6.53. The Labute approximate surface area is 125 Å². The van der Waals surface area contributed by atoms with E-state index in [1.54, 1.807) is 0 Å². The molecule has 1 aromatic rings. The van der Waals surface area contributed by atoms with Crippen LogP contribution in [0, 0.1) is 0 Å². The van der Waals surface area contributed by atoms with Crippen molar-refractivity contribution in [1.29, 1.82) is 0 Å². The number of hydrogen-bond donors (Lipinski definition) is 1. The molecule has 0 atom stereocenters. The smallest absolute Gasteiger partial charge is 0.104 e. The highest BCUT2D eigenvalue weighted by atomic mass is 35.5. The van der Waals surface area contributed by atoms with Crippen LogP contribution in [-0.2, 0) is 0 Å². The number of nitrogens with two attached hydrogens (primary N) is 1. The van der Waals surface area contributed by atoms with Gasteiger partial charge in [-0.1, -0.05) is 23.8 Å². The van der Waals surface area contributed by atoms with Gasteiger partial charge in [0.05, 0.1) is 10.7 Å².